The van der Waals surface area contributed by atoms with E-state index in [1.165, 1.54) is 0 Å². The third-order valence-corrected chi connectivity index (χ3v) is 6.14. The summed E-state index contributed by atoms with van der Waals surface area (Å²) in [5.41, 5.74) is 1.55. The van der Waals surface area contributed by atoms with Gasteiger partial charge in [0.2, 0.25) is 0 Å². The summed E-state index contributed by atoms with van der Waals surface area (Å²) in [5.74, 6) is 1.59. The number of carbonyl (C=O) groups excluding carboxylic acids is 1. The molecule has 0 radical (unpaired) electrons. The molecule has 2 aromatic heterocycles. The van der Waals surface area contributed by atoms with Crippen LogP contribution in [0.2, 0.25) is 0 Å². The van der Waals surface area contributed by atoms with Gasteiger partial charge in [0.1, 0.15) is 11.4 Å². The number of likely N-dealkylation sites (tertiary alicyclic amines) is 1. The molecule has 1 aromatic carbocycles. The largest absolute Gasteiger partial charge is 0.451 e. The zero-order chi connectivity index (χ0) is 22.1. The molecule has 3 heterocycles. The van der Waals surface area contributed by atoms with Crippen molar-refractivity contribution in [1.29, 1.82) is 0 Å². The molecule has 3 aromatic rings. The van der Waals surface area contributed by atoms with Crippen molar-refractivity contribution in [3.63, 3.8) is 0 Å². The van der Waals surface area contributed by atoms with E-state index in [2.05, 4.69) is 28.6 Å². The Hall–Kier alpha value is -2.45. The van der Waals surface area contributed by atoms with Crippen LogP contribution in [0, 0.1) is 4.77 Å². The molecule has 0 unspecified atom stereocenters. The highest BCUT2D eigenvalue weighted by Gasteiger charge is 2.31. The zero-order valence-corrected chi connectivity index (χ0v) is 19.4. The van der Waals surface area contributed by atoms with Gasteiger partial charge in [-0.05, 0) is 58.8 Å². The van der Waals surface area contributed by atoms with E-state index in [1.54, 1.807) is 0 Å². The van der Waals surface area contributed by atoms with Gasteiger partial charge in [0.25, 0.3) is 5.91 Å². The van der Waals surface area contributed by atoms with E-state index in [1.807, 2.05) is 43.0 Å². The second-order valence-corrected chi connectivity index (χ2v) is 9.07. The molecule has 166 valence electrons. The number of rotatable bonds is 6. The van der Waals surface area contributed by atoms with Crippen LogP contribution < -0.4 is 0 Å². The van der Waals surface area contributed by atoms with Crippen LogP contribution in [0.15, 0.2) is 28.7 Å². The van der Waals surface area contributed by atoms with Crippen molar-refractivity contribution in [2.24, 2.45) is 0 Å². The maximum atomic E-state index is 13.4. The minimum atomic E-state index is -0.0697. The van der Waals surface area contributed by atoms with Crippen LogP contribution in [0.25, 0.3) is 11.0 Å². The van der Waals surface area contributed by atoms with Crippen molar-refractivity contribution >= 4 is 29.1 Å². The van der Waals surface area contributed by atoms with Gasteiger partial charge in [-0.1, -0.05) is 18.2 Å². The van der Waals surface area contributed by atoms with E-state index >= 15 is 0 Å². The molecular formula is C23H30N4O3S. The molecule has 31 heavy (non-hydrogen) atoms. The number of ether oxygens (including phenoxy) is 1. The quantitative estimate of drug-likeness (QED) is 0.530. The fraction of sp³-hybridized carbons (Fsp3) is 0.522. The number of nitrogens with zero attached hydrogens (tertiary/aromatic N) is 3. The van der Waals surface area contributed by atoms with E-state index in [4.69, 9.17) is 21.4 Å². The number of furan rings is 1. The number of H-pyrrole nitrogens is 1. The number of piperidine rings is 1. The summed E-state index contributed by atoms with van der Waals surface area (Å²) in [6.07, 6.45) is 1.76. The smallest absolute Gasteiger partial charge is 0.289 e. The lowest BCUT2D eigenvalue weighted by Crippen LogP contribution is -2.38. The molecule has 1 fully saturated rings. The highest BCUT2D eigenvalue weighted by atomic mass is 32.1. The summed E-state index contributed by atoms with van der Waals surface area (Å²) in [6.45, 7) is 9.86. The third kappa shape index (κ3) is 4.32. The van der Waals surface area contributed by atoms with Gasteiger partial charge in [-0.3, -0.25) is 9.89 Å². The van der Waals surface area contributed by atoms with E-state index in [0.717, 1.165) is 35.2 Å². The normalized spacial score (nSPS) is 15.5. The highest BCUT2D eigenvalue weighted by molar-refractivity contribution is 7.71. The van der Waals surface area contributed by atoms with Crippen molar-refractivity contribution in [1.82, 2.24) is 19.7 Å². The van der Waals surface area contributed by atoms with Crippen molar-refractivity contribution in [3.05, 3.63) is 46.2 Å². The predicted octanol–water partition coefficient (Wildman–Crippen LogP) is 5.21. The topological polar surface area (TPSA) is 76.3 Å². The van der Waals surface area contributed by atoms with Crippen LogP contribution in [0.1, 0.15) is 74.4 Å². The second kappa shape index (κ2) is 8.96. The molecule has 0 aliphatic carbocycles. The molecule has 1 aliphatic rings. The Balaban J connectivity index is 1.53. The minimum absolute atomic E-state index is 0.0697. The van der Waals surface area contributed by atoms with Crippen LogP contribution >= 0.6 is 12.2 Å². The van der Waals surface area contributed by atoms with Crippen molar-refractivity contribution in [3.8, 4) is 0 Å². The monoisotopic (exact) mass is 442 g/mol. The fourth-order valence-corrected chi connectivity index (χ4v) is 4.60. The summed E-state index contributed by atoms with van der Waals surface area (Å²) in [6, 6.07) is 8.00. The summed E-state index contributed by atoms with van der Waals surface area (Å²) >= 11 is 5.39. The average molecular weight is 443 g/mol. The first-order chi connectivity index (χ1) is 14.9. The first-order valence-corrected chi connectivity index (χ1v) is 11.4. The summed E-state index contributed by atoms with van der Waals surface area (Å²) < 4.78 is 14.6. The van der Waals surface area contributed by atoms with Gasteiger partial charge >= 0.3 is 0 Å². The number of amides is 1. The lowest BCUT2D eigenvalue weighted by molar-refractivity contribution is 0.0594. The van der Waals surface area contributed by atoms with Crippen molar-refractivity contribution in [2.75, 3.05) is 13.1 Å². The molecule has 7 nitrogen and oxygen atoms in total. The van der Waals surface area contributed by atoms with Crippen LogP contribution in [0.4, 0.5) is 0 Å². The molecule has 8 heteroatoms. The maximum absolute atomic E-state index is 13.4. The third-order valence-electron chi connectivity index (χ3n) is 5.85. The fourth-order valence-electron chi connectivity index (χ4n) is 4.25. The number of hydrogen-bond donors (Lipinski definition) is 1. The average Bonchev–Trinajstić information content (AvgIpc) is 3.32. The number of benzene rings is 1. The summed E-state index contributed by atoms with van der Waals surface area (Å²) in [7, 11) is 0. The first-order valence-electron chi connectivity index (χ1n) is 10.9. The lowest BCUT2D eigenvalue weighted by Gasteiger charge is -2.31. The molecule has 1 saturated heterocycles. The second-order valence-electron chi connectivity index (χ2n) is 8.68. The molecule has 1 amide bonds. The Morgan fingerprint density at radius 3 is 2.65 bits per heavy atom. The van der Waals surface area contributed by atoms with Gasteiger partial charge in [0, 0.05) is 36.0 Å². The molecule has 0 bridgehead atoms. The van der Waals surface area contributed by atoms with E-state index in [0.29, 0.717) is 30.2 Å². The van der Waals surface area contributed by atoms with Crippen molar-refractivity contribution < 1.29 is 13.9 Å². The Kier molecular flexibility index (Phi) is 6.29. The number of aromatic nitrogens is 3. The Morgan fingerprint density at radius 1 is 1.26 bits per heavy atom. The molecule has 0 saturated carbocycles. The molecule has 0 spiro atoms. The Morgan fingerprint density at radius 2 is 1.97 bits per heavy atom. The van der Waals surface area contributed by atoms with E-state index in [9.17, 15) is 4.79 Å². The van der Waals surface area contributed by atoms with Crippen LogP contribution in [0.3, 0.4) is 0 Å². The van der Waals surface area contributed by atoms with Gasteiger partial charge in [-0.2, -0.15) is 5.10 Å². The molecule has 0 atom stereocenters. The molecule has 1 aliphatic heterocycles. The lowest BCUT2D eigenvalue weighted by atomic mass is 9.95. The number of aromatic amines is 1. The minimum Gasteiger partial charge on any atom is -0.451 e. The van der Waals surface area contributed by atoms with Gasteiger partial charge in [0.05, 0.1) is 12.7 Å². The first kappa shape index (κ1) is 21.8. The van der Waals surface area contributed by atoms with Crippen LogP contribution in [-0.2, 0) is 11.3 Å². The Bertz CT molecular complexity index is 1120. The number of carbonyl (C=O) groups is 1. The zero-order valence-electron chi connectivity index (χ0n) is 18.6. The number of fused-ring (bicyclic) bond motifs is 1. The van der Waals surface area contributed by atoms with Gasteiger partial charge in [-0.15, -0.1) is 0 Å². The molecule has 4 rings (SSSR count). The predicted molar refractivity (Wildman–Crippen MR) is 122 cm³/mol. The van der Waals surface area contributed by atoms with Crippen molar-refractivity contribution in [2.45, 2.75) is 65.2 Å². The molecule has 1 N–H and O–H groups in total. The van der Waals surface area contributed by atoms with E-state index in [-0.39, 0.29) is 24.0 Å². The molecular weight excluding hydrogens is 412 g/mol. The Labute approximate surface area is 187 Å². The summed E-state index contributed by atoms with van der Waals surface area (Å²) in [5, 5.41) is 8.35. The number of hydrogen-bond acceptors (Lipinski definition) is 5. The van der Waals surface area contributed by atoms with Gasteiger partial charge in [-0.25, -0.2) is 0 Å². The van der Waals surface area contributed by atoms with Crippen LogP contribution in [-0.4, -0.2) is 44.8 Å². The number of para-hydroxylation sites is 1. The van der Waals surface area contributed by atoms with Crippen LogP contribution in [0.5, 0.6) is 0 Å². The highest BCUT2D eigenvalue weighted by Crippen LogP contribution is 2.32. The van der Waals surface area contributed by atoms with E-state index < -0.39 is 0 Å². The SMILES string of the molecule is CC(C)OCc1c(C(=O)N2CCC(c3n[nH]c(=S)n3C(C)C)CC2)oc2ccccc12. The van der Waals surface area contributed by atoms with Gasteiger partial charge in [0.15, 0.2) is 10.5 Å². The van der Waals surface area contributed by atoms with Gasteiger partial charge < -0.3 is 18.6 Å². The maximum Gasteiger partial charge on any atom is 0.289 e. The number of nitrogens with one attached hydrogen (secondary N) is 1. The standard InChI is InChI=1S/C23H30N4O3S/c1-14(2)27-21(24-25-23(27)31)16-9-11-26(12-10-16)22(28)20-18(13-29-15(3)4)17-7-5-6-8-19(17)30-20/h5-8,14-16H,9-13H2,1-4H3,(H,25,31). The summed E-state index contributed by atoms with van der Waals surface area (Å²) in [4.78, 5) is 15.3.